The van der Waals surface area contributed by atoms with Crippen LogP contribution in [0.3, 0.4) is 0 Å². The number of nitrogens with one attached hydrogen (secondary N) is 1. The minimum absolute atomic E-state index is 0.0870. The summed E-state index contributed by atoms with van der Waals surface area (Å²) in [4.78, 5) is 14.0. The van der Waals surface area contributed by atoms with Gasteiger partial charge in [-0.15, -0.1) is 10.2 Å². The first kappa shape index (κ1) is 13.7. The molecule has 1 amide bonds. The number of rotatable bonds is 5. The molecule has 0 aliphatic carbocycles. The van der Waals surface area contributed by atoms with Gasteiger partial charge in [0.25, 0.3) is 5.91 Å². The van der Waals surface area contributed by atoms with Crippen molar-refractivity contribution in [1.29, 1.82) is 0 Å². The minimum Gasteiger partial charge on any atom is -0.355 e. The molecule has 1 unspecified atom stereocenters. The lowest BCUT2D eigenvalue weighted by Crippen LogP contribution is -2.30. The standard InChI is InChI=1S/C13H21N5O/c1-10(14)6-7-15-13(19)11-4-5-12(17-16-11)18-8-2-3-9-18/h4-5,10H,2-3,6-9,14H2,1H3,(H,15,19). The average Bonchev–Trinajstić information content (AvgIpc) is 2.92. The fourth-order valence-corrected chi connectivity index (χ4v) is 2.07. The molecule has 0 aromatic carbocycles. The molecular weight excluding hydrogens is 242 g/mol. The van der Waals surface area contributed by atoms with Crippen LogP contribution in [0.1, 0.15) is 36.7 Å². The van der Waals surface area contributed by atoms with E-state index in [1.807, 2.05) is 13.0 Å². The zero-order valence-corrected chi connectivity index (χ0v) is 11.3. The second-order valence-corrected chi connectivity index (χ2v) is 4.99. The summed E-state index contributed by atoms with van der Waals surface area (Å²) in [6, 6.07) is 3.67. The van der Waals surface area contributed by atoms with Gasteiger partial charge >= 0.3 is 0 Å². The molecular formula is C13H21N5O. The van der Waals surface area contributed by atoms with Crippen LogP contribution in [0.5, 0.6) is 0 Å². The summed E-state index contributed by atoms with van der Waals surface area (Å²) in [6.45, 7) is 4.52. The van der Waals surface area contributed by atoms with E-state index in [0.29, 0.717) is 12.2 Å². The zero-order chi connectivity index (χ0) is 13.7. The Morgan fingerprint density at radius 3 is 2.74 bits per heavy atom. The van der Waals surface area contributed by atoms with E-state index in [4.69, 9.17) is 5.73 Å². The van der Waals surface area contributed by atoms with Crippen LogP contribution < -0.4 is 16.0 Å². The van der Waals surface area contributed by atoms with Crippen molar-refractivity contribution in [2.24, 2.45) is 5.73 Å². The number of hydrogen-bond acceptors (Lipinski definition) is 5. The van der Waals surface area contributed by atoms with Gasteiger partial charge in [-0.3, -0.25) is 4.79 Å². The third-order valence-corrected chi connectivity index (χ3v) is 3.20. The molecule has 1 atom stereocenters. The van der Waals surface area contributed by atoms with Gasteiger partial charge in [0.1, 0.15) is 0 Å². The minimum atomic E-state index is -0.193. The SMILES string of the molecule is CC(N)CCNC(=O)c1ccc(N2CCCC2)nn1. The van der Waals surface area contributed by atoms with Crippen molar-refractivity contribution in [1.82, 2.24) is 15.5 Å². The lowest BCUT2D eigenvalue weighted by Gasteiger charge is -2.15. The maximum atomic E-state index is 11.8. The van der Waals surface area contributed by atoms with Crippen molar-refractivity contribution < 1.29 is 4.79 Å². The predicted octanol–water partition coefficient (Wildman–Crippen LogP) is 0.544. The molecule has 1 aromatic rings. The van der Waals surface area contributed by atoms with Gasteiger partial charge in [-0.2, -0.15) is 0 Å². The summed E-state index contributed by atoms with van der Waals surface area (Å²) < 4.78 is 0. The molecule has 1 aliphatic rings. The van der Waals surface area contributed by atoms with Crippen molar-refractivity contribution in [2.75, 3.05) is 24.5 Å². The fourth-order valence-electron chi connectivity index (χ4n) is 2.07. The molecule has 1 aromatic heterocycles. The van der Waals surface area contributed by atoms with Crippen molar-refractivity contribution in [3.8, 4) is 0 Å². The zero-order valence-electron chi connectivity index (χ0n) is 11.3. The second-order valence-electron chi connectivity index (χ2n) is 4.99. The van der Waals surface area contributed by atoms with E-state index < -0.39 is 0 Å². The van der Waals surface area contributed by atoms with Crippen LogP contribution in [0.25, 0.3) is 0 Å². The van der Waals surface area contributed by atoms with E-state index in [-0.39, 0.29) is 11.9 Å². The lowest BCUT2D eigenvalue weighted by atomic mass is 10.2. The van der Waals surface area contributed by atoms with E-state index in [9.17, 15) is 4.79 Å². The molecule has 2 heterocycles. The van der Waals surface area contributed by atoms with Crippen LogP contribution in [0.2, 0.25) is 0 Å². The topological polar surface area (TPSA) is 84.1 Å². The van der Waals surface area contributed by atoms with Gasteiger partial charge in [-0.25, -0.2) is 0 Å². The Morgan fingerprint density at radius 2 is 2.16 bits per heavy atom. The Hall–Kier alpha value is -1.69. The highest BCUT2D eigenvalue weighted by Gasteiger charge is 2.15. The number of amides is 1. The van der Waals surface area contributed by atoms with Crippen LogP contribution >= 0.6 is 0 Å². The predicted molar refractivity (Wildman–Crippen MR) is 74.1 cm³/mol. The smallest absolute Gasteiger partial charge is 0.271 e. The van der Waals surface area contributed by atoms with Crippen LogP contribution in [0.15, 0.2) is 12.1 Å². The molecule has 6 heteroatoms. The first-order chi connectivity index (χ1) is 9.16. The summed E-state index contributed by atoms with van der Waals surface area (Å²) in [6.07, 6.45) is 3.15. The Kier molecular flexibility index (Phi) is 4.68. The van der Waals surface area contributed by atoms with E-state index >= 15 is 0 Å². The van der Waals surface area contributed by atoms with Crippen molar-refractivity contribution in [2.45, 2.75) is 32.2 Å². The highest BCUT2D eigenvalue weighted by molar-refractivity contribution is 5.92. The highest BCUT2D eigenvalue weighted by Crippen LogP contribution is 2.16. The number of anilines is 1. The fraction of sp³-hybridized carbons (Fsp3) is 0.615. The van der Waals surface area contributed by atoms with E-state index in [1.54, 1.807) is 6.07 Å². The van der Waals surface area contributed by atoms with E-state index in [2.05, 4.69) is 20.4 Å². The molecule has 1 aliphatic heterocycles. The monoisotopic (exact) mass is 263 g/mol. The third-order valence-electron chi connectivity index (χ3n) is 3.20. The number of carbonyl (C=O) groups excluding carboxylic acids is 1. The van der Waals surface area contributed by atoms with Gasteiger partial charge in [0.15, 0.2) is 11.5 Å². The number of hydrogen-bond donors (Lipinski definition) is 2. The van der Waals surface area contributed by atoms with Crippen LogP contribution in [-0.4, -0.2) is 41.8 Å². The molecule has 104 valence electrons. The summed E-state index contributed by atoms with van der Waals surface area (Å²) in [5, 5.41) is 10.9. The van der Waals surface area contributed by atoms with Crippen LogP contribution in [0.4, 0.5) is 5.82 Å². The molecule has 2 rings (SSSR count). The Morgan fingerprint density at radius 1 is 1.42 bits per heavy atom. The van der Waals surface area contributed by atoms with Gasteiger partial charge < -0.3 is 16.0 Å². The molecule has 19 heavy (non-hydrogen) atoms. The summed E-state index contributed by atoms with van der Waals surface area (Å²) >= 11 is 0. The largest absolute Gasteiger partial charge is 0.355 e. The molecule has 1 saturated heterocycles. The Balaban J connectivity index is 1.88. The Bertz CT molecular complexity index is 412. The van der Waals surface area contributed by atoms with Crippen LogP contribution in [-0.2, 0) is 0 Å². The number of nitrogens with two attached hydrogens (primary N) is 1. The van der Waals surface area contributed by atoms with Crippen molar-refractivity contribution in [3.05, 3.63) is 17.8 Å². The van der Waals surface area contributed by atoms with Gasteiger partial charge in [0.2, 0.25) is 0 Å². The molecule has 6 nitrogen and oxygen atoms in total. The molecule has 1 fully saturated rings. The van der Waals surface area contributed by atoms with Crippen LogP contribution in [0, 0.1) is 0 Å². The highest BCUT2D eigenvalue weighted by atomic mass is 16.1. The first-order valence-corrected chi connectivity index (χ1v) is 6.79. The van der Waals surface area contributed by atoms with Gasteiger partial charge in [-0.05, 0) is 38.3 Å². The first-order valence-electron chi connectivity index (χ1n) is 6.79. The molecule has 0 radical (unpaired) electrons. The summed E-state index contributed by atoms with van der Waals surface area (Å²) in [5.74, 6) is 0.658. The number of aromatic nitrogens is 2. The van der Waals surface area contributed by atoms with E-state index in [0.717, 1.165) is 25.3 Å². The van der Waals surface area contributed by atoms with Crippen molar-refractivity contribution >= 4 is 11.7 Å². The number of nitrogens with zero attached hydrogens (tertiary/aromatic N) is 3. The van der Waals surface area contributed by atoms with Gasteiger partial charge in [0.05, 0.1) is 0 Å². The number of carbonyl (C=O) groups is 1. The Labute approximate surface area is 113 Å². The maximum Gasteiger partial charge on any atom is 0.271 e. The molecule has 0 spiro atoms. The second kappa shape index (κ2) is 6.47. The maximum absolute atomic E-state index is 11.8. The third kappa shape index (κ3) is 3.89. The van der Waals surface area contributed by atoms with E-state index in [1.165, 1.54) is 12.8 Å². The average molecular weight is 263 g/mol. The summed E-state index contributed by atoms with van der Waals surface area (Å²) in [5.41, 5.74) is 5.98. The summed E-state index contributed by atoms with van der Waals surface area (Å²) in [7, 11) is 0. The quantitative estimate of drug-likeness (QED) is 0.810. The van der Waals surface area contributed by atoms with Gasteiger partial charge in [0, 0.05) is 25.7 Å². The van der Waals surface area contributed by atoms with Gasteiger partial charge in [-0.1, -0.05) is 0 Å². The normalized spacial score (nSPS) is 16.4. The molecule has 0 saturated carbocycles. The van der Waals surface area contributed by atoms with Crippen molar-refractivity contribution in [3.63, 3.8) is 0 Å². The molecule has 0 bridgehead atoms. The molecule has 3 N–H and O–H groups in total. The lowest BCUT2D eigenvalue weighted by molar-refractivity contribution is 0.0947.